The number of H-pyrrole nitrogens is 1. The number of aromatic nitrogens is 2. The van der Waals surface area contributed by atoms with E-state index in [1.165, 1.54) is 0 Å². The van der Waals surface area contributed by atoms with Crippen molar-refractivity contribution < 1.29 is 4.79 Å². The minimum atomic E-state index is -0.463. The van der Waals surface area contributed by atoms with Crippen molar-refractivity contribution in [1.82, 2.24) is 9.97 Å². The van der Waals surface area contributed by atoms with Gasteiger partial charge in [0.1, 0.15) is 5.69 Å². The summed E-state index contributed by atoms with van der Waals surface area (Å²) in [5.41, 5.74) is 7.43. The highest BCUT2D eigenvalue weighted by Crippen LogP contribution is 2.26. The van der Waals surface area contributed by atoms with E-state index in [0.29, 0.717) is 5.69 Å². The second-order valence-corrected chi connectivity index (χ2v) is 4.06. The Balaban J connectivity index is 2.21. The van der Waals surface area contributed by atoms with Crippen LogP contribution in [0.15, 0.2) is 48.8 Å². The number of amides is 1. The van der Waals surface area contributed by atoms with E-state index in [-0.39, 0.29) is 0 Å². The molecule has 0 radical (unpaired) electrons. The van der Waals surface area contributed by atoms with Crippen LogP contribution in [-0.2, 0) is 0 Å². The van der Waals surface area contributed by atoms with Gasteiger partial charge in [0, 0.05) is 29.0 Å². The summed E-state index contributed by atoms with van der Waals surface area (Å²) in [5, 5.41) is 2.15. The van der Waals surface area contributed by atoms with Gasteiger partial charge in [0.2, 0.25) is 0 Å². The number of benzene rings is 1. The van der Waals surface area contributed by atoms with Gasteiger partial charge in [-0.2, -0.15) is 0 Å². The molecule has 1 aromatic carbocycles. The highest BCUT2D eigenvalue weighted by molar-refractivity contribution is 5.97. The molecule has 0 fully saturated rings. The van der Waals surface area contributed by atoms with Crippen LogP contribution in [-0.4, -0.2) is 15.9 Å². The SMILES string of the molecule is NC(=O)c1ccc(-c2cncc3ccccc23)[nH]1. The number of pyridine rings is 1. The highest BCUT2D eigenvalue weighted by Gasteiger charge is 2.08. The lowest BCUT2D eigenvalue weighted by Gasteiger charge is -2.03. The first-order valence-electron chi connectivity index (χ1n) is 5.57. The molecule has 18 heavy (non-hydrogen) atoms. The van der Waals surface area contributed by atoms with Crippen LogP contribution in [0.5, 0.6) is 0 Å². The Morgan fingerprint density at radius 1 is 1.11 bits per heavy atom. The third-order valence-electron chi connectivity index (χ3n) is 2.91. The van der Waals surface area contributed by atoms with Gasteiger partial charge in [-0.3, -0.25) is 9.78 Å². The lowest BCUT2D eigenvalue weighted by Crippen LogP contribution is -2.10. The van der Waals surface area contributed by atoms with Gasteiger partial charge in [-0.15, -0.1) is 0 Å². The molecule has 3 aromatic rings. The molecule has 4 nitrogen and oxygen atoms in total. The summed E-state index contributed by atoms with van der Waals surface area (Å²) in [7, 11) is 0. The average molecular weight is 237 g/mol. The Morgan fingerprint density at radius 3 is 2.72 bits per heavy atom. The molecule has 0 bridgehead atoms. The number of hydrogen-bond acceptors (Lipinski definition) is 2. The normalized spacial score (nSPS) is 10.7. The van der Waals surface area contributed by atoms with Crippen molar-refractivity contribution in [2.24, 2.45) is 5.73 Å². The van der Waals surface area contributed by atoms with Crippen LogP contribution in [0.1, 0.15) is 10.5 Å². The van der Waals surface area contributed by atoms with Crippen LogP contribution in [0, 0.1) is 0 Å². The van der Waals surface area contributed by atoms with Crippen LogP contribution in [0.25, 0.3) is 22.0 Å². The topological polar surface area (TPSA) is 71.8 Å². The minimum absolute atomic E-state index is 0.401. The highest BCUT2D eigenvalue weighted by atomic mass is 16.1. The zero-order valence-corrected chi connectivity index (χ0v) is 9.55. The first kappa shape index (κ1) is 10.5. The number of nitrogens with zero attached hydrogens (tertiary/aromatic N) is 1. The van der Waals surface area contributed by atoms with Crippen LogP contribution >= 0.6 is 0 Å². The smallest absolute Gasteiger partial charge is 0.265 e. The Bertz CT molecular complexity index is 725. The van der Waals surface area contributed by atoms with Crippen LogP contribution in [0.4, 0.5) is 0 Å². The van der Waals surface area contributed by atoms with Gasteiger partial charge < -0.3 is 10.7 Å². The van der Waals surface area contributed by atoms with E-state index >= 15 is 0 Å². The molecule has 0 saturated heterocycles. The van der Waals surface area contributed by atoms with Crippen molar-refractivity contribution in [3.8, 4) is 11.3 Å². The average Bonchev–Trinajstić information content (AvgIpc) is 2.87. The van der Waals surface area contributed by atoms with Gasteiger partial charge in [0.25, 0.3) is 5.91 Å². The zero-order chi connectivity index (χ0) is 12.5. The molecule has 3 N–H and O–H groups in total. The molecule has 0 atom stereocenters. The molecule has 88 valence electrons. The second-order valence-electron chi connectivity index (χ2n) is 4.06. The number of hydrogen-bond donors (Lipinski definition) is 2. The summed E-state index contributed by atoms with van der Waals surface area (Å²) < 4.78 is 0. The number of primary amides is 1. The van der Waals surface area contributed by atoms with E-state index in [2.05, 4.69) is 9.97 Å². The van der Waals surface area contributed by atoms with E-state index < -0.39 is 5.91 Å². The maximum atomic E-state index is 11.1. The summed E-state index contributed by atoms with van der Waals surface area (Å²) in [6, 6.07) is 11.5. The molecule has 2 heterocycles. The number of carbonyl (C=O) groups is 1. The number of aromatic amines is 1. The van der Waals surface area contributed by atoms with Crippen LogP contribution in [0.2, 0.25) is 0 Å². The van der Waals surface area contributed by atoms with E-state index in [9.17, 15) is 4.79 Å². The molecular weight excluding hydrogens is 226 g/mol. The standard InChI is InChI=1S/C14H11N3O/c15-14(18)13-6-5-12(17-13)11-8-16-7-9-3-1-2-4-10(9)11/h1-8,17H,(H2,15,18). The largest absolute Gasteiger partial charge is 0.364 e. The van der Waals surface area contributed by atoms with Crippen molar-refractivity contribution in [3.05, 3.63) is 54.5 Å². The molecule has 3 rings (SSSR count). The fraction of sp³-hybridized carbons (Fsp3) is 0. The predicted octanol–water partition coefficient (Wildman–Crippen LogP) is 2.33. The van der Waals surface area contributed by atoms with Gasteiger partial charge in [-0.05, 0) is 17.5 Å². The van der Waals surface area contributed by atoms with E-state index in [1.807, 2.05) is 36.5 Å². The lowest BCUT2D eigenvalue weighted by molar-refractivity contribution is 0.0996. The van der Waals surface area contributed by atoms with Gasteiger partial charge in [-0.1, -0.05) is 24.3 Å². The predicted molar refractivity (Wildman–Crippen MR) is 70.0 cm³/mol. The third-order valence-corrected chi connectivity index (χ3v) is 2.91. The molecular formula is C14H11N3O. The third kappa shape index (κ3) is 1.64. The van der Waals surface area contributed by atoms with Crippen molar-refractivity contribution in [2.75, 3.05) is 0 Å². The van der Waals surface area contributed by atoms with Gasteiger partial charge in [0.15, 0.2) is 0 Å². The second kappa shape index (κ2) is 4.00. The molecule has 4 heteroatoms. The van der Waals surface area contributed by atoms with Gasteiger partial charge in [0.05, 0.1) is 0 Å². The number of rotatable bonds is 2. The van der Waals surface area contributed by atoms with Crippen LogP contribution < -0.4 is 5.73 Å². The van der Waals surface area contributed by atoms with Crippen molar-refractivity contribution in [2.45, 2.75) is 0 Å². The molecule has 1 amide bonds. The Morgan fingerprint density at radius 2 is 1.94 bits per heavy atom. The number of nitrogens with two attached hydrogens (primary N) is 1. The molecule has 0 spiro atoms. The van der Waals surface area contributed by atoms with Crippen molar-refractivity contribution in [3.63, 3.8) is 0 Å². The molecule has 2 aromatic heterocycles. The van der Waals surface area contributed by atoms with Crippen LogP contribution in [0.3, 0.4) is 0 Å². The van der Waals surface area contributed by atoms with Crippen molar-refractivity contribution >= 4 is 16.7 Å². The maximum Gasteiger partial charge on any atom is 0.265 e. The quantitative estimate of drug-likeness (QED) is 0.718. The molecule has 0 aliphatic rings. The van der Waals surface area contributed by atoms with Gasteiger partial charge >= 0.3 is 0 Å². The van der Waals surface area contributed by atoms with E-state index in [0.717, 1.165) is 22.0 Å². The zero-order valence-electron chi connectivity index (χ0n) is 9.55. The number of nitrogens with one attached hydrogen (secondary N) is 1. The lowest BCUT2D eigenvalue weighted by atomic mass is 10.1. The number of carbonyl (C=O) groups excluding carboxylic acids is 1. The first-order valence-corrected chi connectivity index (χ1v) is 5.57. The Labute approximate surface area is 103 Å². The Hall–Kier alpha value is -2.62. The summed E-state index contributed by atoms with van der Waals surface area (Å²) >= 11 is 0. The monoisotopic (exact) mass is 237 g/mol. The first-order chi connectivity index (χ1) is 8.75. The summed E-state index contributed by atoms with van der Waals surface area (Å²) in [6.07, 6.45) is 3.59. The number of fused-ring (bicyclic) bond motifs is 1. The summed E-state index contributed by atoms with van der Waals surface area (Å²) in [5.74, 6) is -0.463. The molecule has 0 aliphatic carbocycles. The minimum Gasteiger partial charge on any atom is -0.364 e. The fourth-order valence-corrected chi connectivity index (χ4v) is 2.03. The van der Waals surface area contributed by atoms with Crippen molar-refractivity contribution in [1.29, 1.82) is 0 Å². The molecule has 0 aliphatic heterocycles. The summed E-state index contributed by atoms with van der Waals surface area (Å²) in [4.78, 5) is 18.3. The van der Waals surface area contributed by atoms with E-state index in [4.69, 9.17) is 5.73 Å². The van der Waals surface area contributed by atoms with E-state index in [1.54, 1.807) is 12.3 Å². The maximum absolute atomic E-state index is 11.1. The fourth-order valence-electron chi connectivity index (χ4n) is 2.03. The van der Waals surface area contributed by atoms with Gasteiger partial charge in [-0.25, -0.2) is 0 Å². The molecule has 0 unspecified atom stereocenters. The Kier molecular flexibility index (Phi) is 2.34. The summed E-state index contributed by atoms with van der Waals surface area (Å²) in [6.45, 7) is 0. The molecule has 0 saturated carbocycles.